The summed E-state index contributed by atoms with van der Waals surface area (Å²) in [6.45, 7) is 4.03. The molecule has 3 nitrogen and oxygen atoms in total. The van der Waals surface area contributed by atoms with Gasteiger partial charge in [0.1, 0.15) is 0 Å². The Hall–Kier alpha value is -2.13. The fourth-order valence-corrected chi connectivity index (χ4v) is 2.26. The zero-order chi connectivity index (χ0) is 15.2. The van der Waals surface area contributed by atoms with E-state index in [1.165, 1.54) is 5.56 Å². The normalized spacial score (nSPS) is 13.5. The van der Waals surface area contributed by atoms with Gasteiger partial charge in [0, 0.05) is 12.5 Å². The summed E-state index contributed by atoms with van der Waals surface area (Å²) in [5.74, 6) is -0.0283. The molecule has 110 valence electrons. The molecule has 0 saturated heterocycles. The van der Waals surface area contributed by atoms with Crippen LogP contribution >= 0.6 is 0 Å². The minimum absolute atomic E-state index is 0.0129. The van der Waals surface area contributed by atoms with Crippen molar-refractivity contribution in [1.29, 1.82) is 0 Å². The van der Waals surface area contributed by atoms with Crippen LogP contribution in [0.4, 0.5) is 0 Å². The molecule has 0 saturated carbocycles. The molecule has 0 heterocycles. The number of aryl methyl sites for hydroxylation is 1. The lowest BCUT2D eigenvalue weighted by molar-refractivity contribution is -0.122. The van der Waals surface area contributed by atoms with Crippen molar-refractivity contribution in [3.05, 3.63) is 71.3 Å². The monoisotopic (exact) mass is 282 g/mol. The Morgan fingerprint density at radius 3 is 2.29 bits per heavy atom. The van der Waals surface area contributed by atoms with Crippen molar-refractivity contribution in [2.24, 2.45) is 5.73 Å². The molecule has 21 heavy (non-hydrogen) atoms. The Morgan fingerprint density at radius 1 is 1.05 bits per heavy atom. The van der Waals surface area contributed by atoms with Gasteiger partial charge in [0.15, 0.2) is 0 Å². The first-order chi connectivity index (χ1) is 10.1. The molecule has 2 aromatic rings. The van der Waals surface area contributed by atoms with Crippen LogP contribution in [0.2, 0.25) is 0 Å². The van der Waals surface area contributed by atoms with Gasteiger partial charge >= 0.3 is 0 Å². The van der Waals surface area contributed by atoms with Crippen LogP contribution in [0.25, 0.3) is 0 Å². The molecule has 3 heteroatoms. The van der Waals surface area contributed by atoms with Crippen LogP contribution in [0, 0.1) is 6.92 Å². The summed E-state index contributed by atoms with van der Waals surface area (Å²) < 4.78 is 0. The predicted molar refractivity (Wildman–Crippen MR) is 85.7 cm³/mol. The molecular formula is C18H22N2O. The minimum atomic E-state index is -0.267. The van der Waals surface area contributed by atoms with Crippen molar-refractivity contribution >= 4 is 5.91 Å². The molecule has 2 unspecified atom stereocenters. The summed E-state index contributed by atoms with van der Waals surface area (Å²) in [6, 6.07) is 17.6. The second-order valence-corrected chi connectivity index (χ2v) is 5.42. The van der Waals surface area contributed by atoms with Crippen LogP contribution in [0.3, 0.4) is 0 Å². The summed E-state index contributed by atoms with van der Waals surface area (Å²) in [5, 5.41) is 3.00. The van der Waals surface area contributed by atoms with Gasteiger partial charge in [-0.3, -0.25) is 4.79 Å². The predicted octanol–water partition coefficient (Wildman–Crippen LogP) is 3.26. The van der Waals surface area contributed by atoms with E-state index < -0.39 is 0 Å². The Balaban J connectivity index is 1.91. The zero-order valence-corrected chi connectivity index (χ0v) is 12.5. The van der Waals surface area contributed by atoms with Crippen LogP contribution < -0.4 is 11.1 Å². The number of nitrogens with two attached hydrogens (primary N) is 1. The lowest BCUT2D eigenvalue weighted by Gasteiger charge is -2.17. The fourth-order valence-electron chi connectivity index (χ4n) is 2.26. The molecule has 0 aliphatic carbocycles. The summed E-state index contributed by atoms with van der Waals surface area (Å²) >= 11 is 0. The van der Waals surface area contributed by atoms with E-state index in [0.29, 0.717) is 6.42 Å². The Kier molecular flexibility index (Phi) is 5.12. The first kappa shape index (κ1) is 15.3. The van der Waals surface area contributed by atoms with Crippen LogP contribution in [0.1, 0.15) is 42.1 Å². The number of hydrogen-bond donors (Lipinski definition) is 2. The highest BCUT2D eigenvalue weighted by Crippen LogP contribution is 2.16. The quantitative estimate of drug-likeness (QED) is 0.884. The van der Waals surface area contributed by atoms with E-state index in [1.54, 1.807) is 0 Å². The molecule has 1 amide bonds. The number of carbonyl (C=O) groups is 1. The van der Waals surface area contributed by atoms with E-state index in [4.69, 9.17) is 5.73 Å². The van der Waals surface area contributed by atoms with Crippen LogP contribution in [-0.4, -0.2) is 5.91 Å². The van der Waals surface area contributed by atoms with Crippen molar-refractivity contribution in [2.75, 3.05) is 0 Å². The van der Waals surface area contributed by atoms with E-state index >= 15 is 0 Å². The highest BCUT2D eigenvalue weighted by atomic mass is 16.1. The molecule has 3 N–H and O–H groups in total. The molecule has 2 atom stereocenters. The van der Waals surface area contributed by atoms with Gasteiger partial charge in [0.25, 0.3) is 0 Å². The van der Waals surface area contributed by atoms with Crippen LogP contribution in [-0.2, 0) is 4.79 Å². The van der Waals surface area contributed by atoms with Gasteiger partial charge in [-0.05, 0) is 25.0 Å². The molecule has 2 aromatic carbocycles. The van der Waals surface area contributed by atoms with Gasteiger partial charge in [-0.2, -0.15) is 0 Å². The number of benzene rings is 2. The summed E-state index contributed by atoms with van der Waals surface area (Å²) in [7, 11) is 0. The first-order valence-electron chi connectivity index (χ1n) is 7.22. The van der Waals surface area contributed by atoms with Gasteiger partial charge in [-0.15, -0.1) is 0 Å². The standard InChI is InChI=1S/C18H22N2O/c1-13-8-10-15(11-9-13)14(2)20-18(21)12-17(19)16-6-4-3-5-7-16/h3-11,14,17H,12,19H2,1-2H3,(H,20,21). The second kappa shape index (κ2) is 7.04. The number of amides is 1. The average molecular weight is 282 g/mol. The van der Waals surface area contributed by atoms with Gasteiger partial charge in [-0.25, -0.2) is 0 Å². The number of hydrogen-bond acceptors (Lipinski definition) is 2. The Morgan fingerprint density at radius 2 is 1.67 bits per heavy atom. The number of nitrogens with one attached hydrogen (secondary N) is 1. The average Bonchev–Trinajstić information content (AvgIpc) is 2.48. The molecule has 0 bridgehead atoms. The third-order valence-corrected chi connectivity index (χ3v) is 3.59. The molecule has 0 radical (unpaired) electrons. The third-order valence-electron chi connectivity index (χ3n) is 3.59. The highest BCUT2D eigenvalue weighted by Gasteiger charge is 2.14. The van der Waals surface area contributed by atoms with E-state index in [-0.39, 0.29) is 18.0 Å². The minimum Gasteiger partial charge on any atom is -0.350 e. The number of rotatable bonds is 5. The molecule has 0 spiro atoms. The molecular weight excluding hydrogens is 260 g/mol. The van der Waals surface area contributed by atoms with E-state index in [2.05, 4.69) is 5.32 Å². The molecule has 0 aromatic heterocycles. The van der Waals surface area contributed by atoms with E-state index in [1.807, 2.05) is 68.4 Å². The van der Waals surface area contributed by atoms with E-state index in [9.17, 15) is 4.79 Å². The van der Waals surface area contributed by atoms with Crippen LogP contribution in [0.15, 0.2) is 54.6 Å². The second-order valence-electron chi connectivity index (χ2n) is 5.42. The maximum atomic E-state index is 12.1. The number of carbonyl (C=O) groups excluding carboxylic acids is 1. The topological polar surface area (TPSA) is 55.1 Å². The maximum absolute atomic E-state index is 12.1. The molecule has 0 aliphatic heterocycles. The summed E-state index contributed by atoms with van der Waals surface area (Å²) in [4.78, 5) is 12.1. The Labute approximate surface area is 126 Å². The van der Waals surface area contributed by atoms with Gasteiger partial charge in [0.05, 0.1) is 6.04 Å². The first-order valence-corrected chi connectivity index (χ1v) is 7.22. The molecule has 0 fully saturated rings. The fraction of sp³-hybridized carbons (Fsp3) is 0.278. The third kappa shape index (κ3) is 4.43. The van der Waals surface area contributed by atoms with E-state index in [0.717, 1.165) is 11.1 Å². The Bertz CT molecular complexity index is 578. The molecule has 0 aliphatic rings. The van der Waals surface area contributed by atoms with Crippen molar-refractivity contribution in [2.45, 2.75) is 32.4 Å². The zero-order valence-electron chi connectivity index (χ0n) is 12.5. The largest absolute Gasteiger partial charge is 0.350 e. The van der Waals surface area contributed by atoms with Crippen molar-refractivity contribution in [3.63, 3.8) is 0 Å². The lowest BCUT2D eigenvalue weighted by Crippen LogP contribution is -2.29. The van der Waals surface area contributed by atoms with Crippen molar-refractivity contribution in [3.8, 4) is 0 Å². The van der Waals surface area contributed by atoms with Gasteiger partial charge in [-0.1, -0.05) is 60.2 Å². The maximum Gasteiger partial charge on any atom is 0.222 e. The smallest absolute Gasteiger partial charge is 0.222 e. The SMILES string of the molecule is Cc1ccc(C(C)NC(=O)CC(N)c2ccccc2)cc1. The van der Waals surface area contributed by atoms with Crippen molar-refractivity contribution in [1.82, 2.24) is 5.32 Å². The van der Waals surface area contributed by atoms with Crippen LogP contribution in [0.5, 0.6) is 0 Å². The van der Waals surface area contributed by atoms with Gasteiger partial charge in [0.2, 0.25) is 5.91 Å². The molecule has 2 rings (SSSR count). The van der Waals surface area contributed by atoms with Crippen molar-refractivity contribution < 1.29 is 4.79 Å². The lowest BCUT2D eigenvalue weighted by atomic mass is 10.0. The summed E-state index contributed by atoms with van der Waals surface area (Å²) in [6.07, 6.45) is 0.292. The summed E-state index contributed by atoms with van der Waals surface area (Å²) in [5.41, 5.74) is 9.36. The van der Waals surface area contributed by atoms with Gasteiger partial charge < -0.3 is 11.1 Å². The highest BCUT2D eigenvalue weighted by molar-refractivity contribution is 5.77.